The van der Waals surface area contributed by atoms with E-state index in [9.17, 15) is 4.79 Å². The maximum atomic E-state index is 12.3. The normalized spacial score (nSPS) is 10.9. The van der Waals surface area contributed by atoms with E-state index in [-0.39, 0.29) is 6.10 Å². The first-order valence-electron chi connectivity index (χ1n) is 8.06. The molecule has 0 bridgehead atoms. The van der Waals surface area contributed by atoms with E-state index in [2.05, 4.69) is 26.5 Å². The van der Waals surface area contributed by atoms with Crippen molar-refractivity contribution in [3.8, 4) is 17.2 Å². The van der Waals surface area contributed by atoms with Gasteiger partial charge in [-0.15, -0.1) is 0 Å². The quantitative estimate of drug-likeness (QED) is 0.486. The number of amides is 1. The highest BCUT2D eigenvalue weighted by Gasteiger charge is 2.14. The van der Waals surface area contributed by atoms with Crippen LogP contribution < -0.4 is 19.6 Å². The summed E-state index contributed by atoms with van der Waals surface area (Å²) in [5, 5.41) is 4.37. The van der Waals surface area contributed by atoms with Crippen LogP contribution in [-0.2, 0) is 0 Å². The Hall–Kier alpha value is -2.25. The van der Waals surface area contributed by atoms with Gasteiger partial charge in [-0.25, -0.2) is 5.43 Å². The van der Waals surface area contributed by atoms with Crippen LogP contribution in [0, 0.1) is 0 Å². The van der Waals surface area contributed by atoms with E-state index >= 15 is 0 Å². The first kappa shape index (κ1) is 21.1. The second-order valence-corrected chi connectivity index (χ2v) is 7.07. The number of carbonyl (C=O) groups excluding carboxylic acids is 1. The molecule has 144 valence electrons. The lowest BCUT2D eigenvalue weighted by Crippen LogP contribution is -2.18. The van der Waals surface area contributed by atoms with Crippen molar-refractivity contribution < 1.29 is 19.0 Å². The first-order valence-corrected chi connectivity index (χ1v) is 9.24. The molecule has 0 aliphatic carbocycles. The third kappa shape index (κ3) is 5.61. The van der Waals surface area contributed by atoms with Crippen molar-refractivity contribution >= 4 is 39.7 Å². The molecule has 8 heteroatoms. The van der Waals surface area contributed by atoms with Crippen molar-refractivity contribution in [1.29, 1.82) is 0 Å². The van der Waals surface area contributed by atoms with Gasteiger partial charge in [0.2, 0.25) is 0 Å². The van der Waals surface area contributed by atoms with Gasteiger partial charge in [0.1, 0.15) is 5.75 Å². The molecular weight excluding hydrogens is 436 g/mol. The smallest absolute Gasteiger partial charge is 0.275 e. The van der Waals surface area contributed by atoms with E-state index in [4.69, 9.17) is 25.8 Å². The molecule has 2 aromatic carbocycles. The zero-order chi connectivity index (χ0) is 20.0. The molecule has 0 unspecified atom stereocenters. The van der Waals surface area contributed by atoms with Gasteiger partial charge in [0.15, 0.2) is 11.5 Å². The topological polar surface area (TPSA) is 69.2 Å². The number of hydrogen-bond donors (Lipinski definition) is 1. The van der Waals surface area contributed by atoms with Gasteiger partial charge in [-0.3, -0.25) is 4.79 Å². The zero-order valence-electron chi connectivity index (χ0n) is 15.4. The van der Waals surface area contributed by atoms with E-state index in [1.54, 1.807) is 30.3 Å². The molecule has 0 heterocycles. The Morgan fingerprint density at radius 1 is 1.19 bits per heavy atom. The van der Waals surface area contributed by atoms with E-state index in [0.717, 1.165) is 4.47 Å². The number of hydrogen-bond acceptors (Lipinski definition) is 5. The molecule has 0 aliphatic heterocycles. The number of rotatable bonds is 7. The van der Waals surface area contributed by atoms with Gasteiger partial charge in [-0.2, -0.15) is 5.10 Å². The lowest BCUT2D eigenvalue weighted by Gasteiger charge is -2.15. The Morgan fingerprint density at radius 3 is 2.52 bits per heavy atom. The molecule has 0 saturated heterocycles. The number of nitrogens with zero attached hydrogens (tertiary/aromatic N) is 1. The molecule has 2 aromatic rings. The van der Waals surface area contributed by atoms with Crippen LogP contribution in [0.15, 0.2) is 39.9 Å². The summed E-state index contributed by atoms with van der Waals surface area (Å²) in [6.07, 6.45) is 1.42. The number of nitrogens with one attached hydrogen (secondary N) is 1. The molecular formula is C19H20BrClN2O4. The van der Waals surface area contributed by atoms with E-state index < -0.39 is 5.91 Å². The Labute approximate surface area is 171 Å². The van der Waals surface area contributed by atoms with Crippen molar-refractivity contribution in [2.24, 2.45) is 5.10 Å². The number of methoxy groups -OCH3 is 2. The molecule has 0 saturated carbocycles. The van der Waals surface area contributed by atoms with E-state index in [1.165, 1.54) is 20.4 Å². The number of halogens is 2. The average Bonchev–Trinajstić information content (AvgIpc) is 2.63. The second-order valence-electron chi connectivity index (χ2n) is 5.74. The fourth-order valence-corrected chi connectivity index (χ4v) is 2.87. The highest BCUT2D eigenvalue weighted by atomic mass is 79.9. The first-order chi connectivity index (χ1) is 12.8. The Bertz CT molecular complexity index is 856. The van der Waals surface area contributed by atoms with E-state index in [0.29, 0.717) is 33.4 Å². The third-order valence-corrected chi connectivity index (χ3v) is 4.17. The van der Waals surface area contributed by atoms with Gasteiger partial charge >= 0.3 is 0 Å². The Kier molecular flexibility index (Phi) is 7.50. The van der Waals surface area contributed by atoms with Crippen LogP contribution in [0.5, 0.6) is 17.2 Å². The summed E-state index contributed by atoms with van der Waals surface area (Å²) in [4.78, 5) is 12.3. The fourth-order valence-electron chi connectivity index (χ4n) is 2.25. The summed E-state index contributed by atoms with van der Waals surface area (Å²) in [6.45, 7) is 3.80. The van der Waals surface area contributed by atoms with Crippen LogP contribution >= 0.6 is 27.5 Å². The molecule has 1 amide bonds. The largest absolute Gasteiger partial charge is 0.496 e. The van der Waals surface area contributed by atoms with Crippen molar-refractivity contribution in [2.45, 2.75) is 20.0 Å². The number of ether oxygens (including phenoxy) is 3. The molecule has 2 rings (SSSR count). The van der Waals surface area contributed by atoms with Crippen LogP contribution in [0.3, 0.4) is 0 Å². The van der Waals surface area contributed by atoms with Gasteiger partial charge in [0.05, 0.1) is 37.1 Å². The summed E-state index contributed by atoms with van der Waals surface area (Å²) in [5.41, 5.74) is 3.48. The van der Waals surface area contributed by atoms with Crippen molar-refractivity contribution in [3.05, 3.63) is 51.0 Å². The minimum absolute atomic E-state index is 0.0459. The molecule has 0 atom stereocenters. The maximum Gasteiger partial charge on any atom is 0.275 e. The summed E-state index contributed by atoms with van der Waals surface area (Å²) >= 11 is 9.61. The molecule has 6 nitrogen and oxygen atoms in total. The lowest BCUT2D eigenvalue weighted by atomic mass is 10.2. The predicted octanol–water partition coefficient (Wildman–Crippen LogP) is 4.67. The van der Waals surface area contributed by atoms with Gasteiger partial charge in [-0.1, -0.05) is 27.5 Å². The summed E-state index contributed by atoms with van der Waals surface area (Å²) in [5.74, 6) is 1.000. The molecule has 0 aliphatic rings. The molecule has 27 heavy (non-hydrogen) atoms. The molecule has 0 spiro atoms. The highest BCUT2D eigenvalue weighted by molar-refractivity contribution is 9.10. The highest BCUT2D eigenvalue weighted by Crippen LogP contribution is 2.36. The van der Waals surface area contributed by atoms with Crippen LogP contribution in [0.25, 0.3) is 0 Å². The Morgan fingerprint density at radius 2 is 1.89 bits per heavy atom. The minimum Gasteiger partial charge on any atom is -0.496 e. The van der Waals surface area contributed by atoms with Gasteiger partial charge in [0.25, 0.3) is 5.91 Å². The fraction of sp³-hybridized carbons (Fsp3) is 0.263. The van der Waals surface area contributed by atoms with Crippen LogP contribution in [0.2, 0.25) is 5.02 Å². The number of hydrazone groups is 1. The van der Waals surface area contributed by atoms with Gasteiger partial charge in [-0.05, 0) is 49.7 Å². The van der Waals surface area contributed by atoms with Gasteiger partial charge < -0.3 is 14.2 Å². The van der Waals surface area contributed by atoms with E-state index in [1.807, 2.05) is 13.8 Å². The van der Waals surface area contributed by atoms with Crippen LogP contribution in [0.1, 0.15) is 29.8 Å². The lowest BCUT2D eigenvalue weighted by molar-refractivity contribution is 0.0952. The number of benzene rings is 2. The third-order valence-electron chi connectivity index (χ3n) is 3.39. The SMILES string of the molecule is COc1ccc(Br)cc1C(=O)N/N=C\c1cc(Cl)c(OC(C)C)c(OC)c1. The second kappa shape index (κ2) is 9.62. The zero-order valence-corrected chi connectivity index (χ0v) is 17.7. The minimum atomic E-state index is -0.401. The molecule has 0 fully saturated rings. The summed E-state index contributed by atoms with van der Waals surface area (Å²) in [6, 6.07) is 8.53. The summed E-state index contributed by atoms with van der Waals surface area (Å²) < 4.78 is 17.0. The standard InChI is InChI=1S/C19H20BrClN2O4/c1-11(2)27-18-15(21)7-12(8-17(18)26-4)10-22-23-19(24)14-9-13(20)5-6-16(14)25-3/h5-11H,1-4H3,(H,23,24)/b22-10-. The van der Waals surface area contributed by atoms with Crippen molar-refractivity contribution in [1.82, 2.24) is 5.43 Å². The Balaban J connectivity index is 2.18. The van der Waals surface area contributed by atoms with Crippen LogP contribution in [0.4, 0.5) is 0 Å². The predicted molar refractivity (Wildman–Crippen MR) is 110 cm³/mol. The number of carbonyl (C=O) groups is 1. The maximum absolute atomic E-state index is 12.3. The molecule has 1 N–H and O–H groups in total. The summed E-state index contributed by atoms with van der Waals surface area (Å²) in [7, 11) is 3.03. The molecule has 0 aromatic heterocycles. The van der Waals surface area contributed by atoms with Crippen molar-refractivity contribution in [2.75, 3.05) is 14.2 Å². The van der Waals surface area contributed by atoms with Crippen molar-refractivity contribution in [3.63, 3.8) is 0 Å². The monoisotopic (exact) mass is 454 g/mol. The van der Waals surface area contributed by atoms with Gasteiger partial charge in [0, 0.05) is 4.47 Å². The van der Waals surface area contributed by atoms with Crippen LogP contribution in [-0.4, -0.2) is 32.4 Å². The molecule has 0 radical (unpaired) electrons. The average molecular weight is 456 g/mol.